The van der Waals surface area contributed by atoms with E-state index in [1.54, 1.807) is 10.7 Å². The van der Waals surface area contributed by atoms with E-state index in [9.17, 15) is 0 Å². The maximum absolute atomic E-state index is 6.16. The van der Waals surface area contributed by atoms with E-state index in [2.05, 4.69) is 15.3 Å². The van der Waals surface area contributed by atoms with E-state index >= 15 is 0 Å². The molecule has 3 rings (SSSR count). The molecule has 19 heavy (non-hydrogen) atoms. The van der Waals surface area contributed by atoms with E-state index in [0.29, 0.717) is 23.0 Å². The molecule has 0 saturated heterocycles. The van der Waals surface area contributed by atoms with Crippen LogP contribution in [0.1, 0.15) is 11.1 Å². The normalized spacial score (nSPS) is 11.1. The van der Waals surface area contributed by atoms with Crippen LogP contribution in [0.5, 0.6) is 0 Å². The van der Waals surface area contributed by atoms with Gasteiger partial charge in [0, 0.05) is 17.1 Å². The van der Waals surface area contributed by atoms with Gasteiger partial charge in [-0.25, -0.2) is 0 Å². The molecule has 0 aliphatic rings. The molecule has 0 bridgehead atoms. The fraction of sp³-hybridized carbons (Fsp3) is 0.154. The molecule has 0 saturated carbocycles. The number of rotatable bonds is 2. The molecule has 5 nitrogen and oxygen atoms in total. The lowest BCUT2D eigenvalue weighted by Gasteiger charge is -2.07. The van der Waals surface area contributed by atoms with Crippen LogP contribution in [-0.4, -0.2) is 19.8 Å². The lowest BCUT2D eigenvalue weighted by molar-refractivity contribution is 0.922. The third-order valence-corrected chi connectivity index (χ3v) is 3.32. The van der Waals surface area contributed by atoms with Gasteiger partial charge in [0.1, 0.15) is 0 Å². The standard InChI is InChI=1S/C13H12ClN5/c1-8-5-12-17-18-13(19(12)16-7-8)9-3-2-4-11(14)10(9)6-15/h2-5,7H,6,15H2,1H3. The lowest BCUT2D eigenvalue weighted by atomic mass is 10.1. The first kappa shape index (κ1) is 12.1. The molecule has 0 radical (unpaired) electrons. The number of aromatic nitrogens is 4. The van der Waals surface area contributed by atoms with Gasteiger partial charge in [0.15, 0.2) is 11.5 Å². The van der Waals surface area contributed by atoms with Gasteiger partial charge >= 0.3 is 0 Å². The highest BCUT2D eigenvalue weighted by Gasteiger charge is 2.14. The molecule has 3 aromatic rings. The number of hydrogen-bond acceptors (Lipinski definition) is 4. The van der Waals surface area contributed by atoms with E-state index in [0.717, 1.165) is 16.7 Å². The number of halogens is 1. The van der Waals surface area contributed by atoms with Crippen molar-refractivity contribution in [1.29, 1.82) is 0 Å². The zero-order valence-corrected chi connectivity index (χ0v) is 11.1. The molecule has 2 N–H and O–H groups in total. The van der Waals surface area contributed by atoms with Crippen molar-refractivity contribution in [3.05, 3.63) is 46.6 Å². The Labute approximate surface area is 115 Å². The van der Waals surface area contributed by atoms with Gasteiger partial charge in [0.05, 0.1) is 6.20 Å². The summed E-state index contributed by atoms with van der Waals surface area (Å²) in [5.41, 5.74) is 9.22. The summed E-state index contributed by atoms with van der Waals surface area (Å²) in [5, 5.41) is 13.3. The minimum atomic E-state index is 0.343. The number of hydrogen-bond donors (Lipinski definition) is 1. The van der Waals surface area contributed by atoms with E-state index in [-0.39, 0.29) is 0 Å². The molecule has 2 aromatic heterocycles. The molecule has 1 aromatic carbocycles. The first-order chi connectivity index (χ1) is 9.20. The van der Waals surface area contributed by atoms with Crippen LogP contribution in [0.2, 0.25) is 5.02 Å². The fourth-order valence-corrected chi connectivity index (χ4v) is 2.28. The largest absolute Gasteiger partial charge is 0.326 e. The summed E-state index contributed by atoms with van der Waals surface area (Å²) in [5.74, 6) is 0.651. The second-order valence-electron chi connectivity index (χ2n) is 4.30. The number of nitrogens with zero attached hydrogens (tertiary/aromatic N) is 4. The second kappa shape index (κ2) is 4.60. The predicted octanol–water partition coefficient (Wildman–Crippen LogP) is 2.21. The van der Waals surface area contributed by atoms with Gasteiger partial charge in [-0.1, -0.05) is 23.7 Å². The van der Waals surface area contributed by atoms with Crippen LogP contribution in [0.4, 0.5) is 0 Å². The molecule has 2 heterocycles. The van der Waals surface area contributed by atoms with Gasteiger partial charge in [0.25, 0.3) is 0 Å². The number of benzene rings is 1. The van der Waals surface area contributed by atoms with Crippen LogP contribution in [0, 0.1) is 6.92 Å². The Hall–Kier alpha value is -1.98. The van der Waals surface area contributed by atoms with Gasteiger partial charge in [-0.3, -0.25) is 0 Å². The second-order valence-corrected chi connectivity index (χ2v) is 4.70. The van der Waals surface area contributed by atoms with Crippen LogP contribution in [0.25, 0.3) is 17.0 Å². The van der Waals surface area contributed by atoms with E-state index < -0.39 is 0 Å². The topological polar surface area (TPSA) is 69.1 Å². The van der Waals surface area contributed by atoms with E-state index in [1.165, 1.54) is 0 Å². The van der Waals surface area contributed by atoms with Crippen molar-refractivity contribution in [2.75, 3.05) is 0 Å². The van der Waals surface area contributed by atoms with Crippen LogP contribution < -0.4 is 5.73 Å². The quantitative estimate of drug-likeness (QED) is 0.777. The molecule has 0 fully saturated rings. The summed E-state index contributed by atoms with van der Waals surface area (Å²) in [6.45, 7) is 2.31. The first-order valence-corrected chi connectivity index (χ1v) is 6.24. The Morgan fingerprint density at radius 3 is 2.95 bits per heavy atom. The highest BCUT2D eigenvalue weighted by atomic mass is 35.5. The monoisotopic (exact) mass is 273 g/mol. The minimum Gasteiger partial charge on any atom is -0.326 e. The lowest BCUT2D eigenvalue weighted by Crippen LogP contribution is -2.03. The van der Waals surface area contributed by atoms with Crippen molar-refractivity contribution in [3.63, 3.8) is 0 Å². The Kier molecular flexibility index (Phi) is 2.93. The Morgan fingerprint density at radius 1 is 1.32 bits per heavy atom. The third kappa shape index (κ3) is 1.97. The van der Waals surface area contributed by atoms with Gasteiger partial charge < -0.3 is 5.73 Å². The molecular weight excluding hydrogens is 262 g/mol. The maximum Gasteiger partial charge on any atom is 0.185 e. The van der Waals surface area contributed by atoms with Crippen molar-refractivity contribution < 1.29 is 0 Å². The summed E-state index contributed by atoms with van der Waals surface area (Å²) in [4.78, 5) is 0. The van der Waals surface area contributed by atoms with Crippen molar-refractivity contribution in [2.24, 2.45) is 5.73 Å². The number of nitrogens with two attached hydrogens (primary N) is 1. The molecular formula is C13H12ClN5. The molecule has 0 unspecified atom stereocenters. The number of fused-ring (bicyclic) bond motifs is 1. The van der Waals surface area contributed by atoms with Crippen molar-refractivity contribution in [2.45, 2.75) is 13.5 Å². The third-order valence-electron chi connectivity index (χ3n) is 2.96. The zero-order chi connectivity index (χ0) is 13.4. The minimum absolute atomic E-state index is 0.343. The highest BCUT2D eigenvalue weighted by Crippen LogP contribution is 2.27. The van der Waals surface area contributed by atoms with Crippen LogP contribution in [0.15, 0.2) is 30.5 Å². The molecule has 0 amide bonds. The van der Waals surface area contributed by atoms with Crippen molar-refractivity contribution >= 4 is 17.2 Å². The smallest absolute Gasteiger partial charge is 0.185 e. The summed E-state index contributed by atoms with van der Waals surface area (Å²) in [7, 11) is 0. The van der Waals surface area contributed by atoms with E-state index in [4.69, 9.17) is 17.3 Å². The van der Waals surface area contributed by atoms with Crippen LogP contribution >= 0.6 is 11.6 Å². The Balaban J connectivity index is 2.28. The van der Waals surface area contributed by atoms with E-state index in [1.807, 2.05) is 31.2 Å². The SMILES string of the molecule is Cc1cnn2c(-c3cccc(Cl)c3CN)nnc2c1. The van der Waals surface area contributed by atoms with Gasteiger partial charge in [-0.15, -0.1) is 10.2 Å². The maximum atomic E-state index is 6.16. The van der Waals surface area contributed by atoms with Crippen molar-refractivity contribution in [1.82, 2.24) is 19.8 Å². The zero-order valence-electron chi connectivity index (χ0n) is 10.3. The molecule has 0 spiro atoms. The van der Waals surface area contributed by atoms with Gasteiger partial charge in [-0.2, -0.15) is 9.61 Å². The average molecular weight is 274 g/mol. The molecule has 0 aliphatic carbocycles. The molecule has 0 atom stereocenters. The summed E-state index contributed by atoms with van der Waals surface area (Å²) in [6, 6.07) is 7.53. The Morgan fingerprint density at radius 2 is 2.16 bits per heavy atom. The van der Waals surface area contributed by atoms with Gasteiger partial charge in [-0.05, 0) is 30.2 Å². The first-order valence-electron chi connectivity index (χ1n) is 5.86. The van der Waals surface area contributed by atoms with Crippen molar-refractivity contribution in [3.8, 4) is 11.4 Å². The molecule has 96 valence electrons. The summed E-state index contributed by atoms with van der Waals surface area (Å²) >= 11 is 6.16. The van der Waals surface area contributed by atoms with Crippen LogP contribution in [-0.2, 0) is 6.54 Å². The number of aryl methyl sites for hydroxylation is 1. The molecule has 6 heteroatoms. The summed E-state index contributed by atoms with van der Waals surface area (Å²) < 4.78 is 1.69. The predicted molar refractivity (Wildman–Crippen MR) is 73.9 cm³/mol. The Bertz CT molecular complexity index is 750. The van der Waals surface area contributed by atoms with Gasteiger partial charge in [0.2, 0.25) is 0 Å². The highest BCUT2D eigenvalue weighted by molar-refractivity contribution is 6.31. The average Bonchev–Trinajstić information content (AvgIpc) is 2.81. The fourth-order valence-electron chi connectivity index (χ4n) is 2.03. The summed E-state index contributed by atoms with van der Waals surface area (Å²) in [6.07, 6.45) is 1.77. The molecule has 0 aliphatic heterocycles. The van der Waals surface area contributed by atoms with Crippen LogP contribution in [0.3, 0.4) is 0 Å².